The Bertz CT molecular complexity index is 499. The van der Waals surface area contributed by atoms with Crippen LogP contribution in [0.5, 0.6) is 0 Å². The molecule has 24 heavy (non-hydrogen) atoms. The molecule has 2 aliphatic heterocycles. The molecule has 140 valence electrons. The zero-order chi connectivity index (χ0) is 17.9. The smallest absolute Gasteiger partial charge is 0.248 e. The first-order valence-electron chi connectivity index (χ1n) is 7.44. The fourth-order valence-electron chi connectivity index (χ4n) is 2.56. The molecule has 12 heteroatoms. The van der Waals surface area contributed by atoms with Gasteiger partial charge in [0.25, 0.3) is 0 Å². The average Bonchev–Trinajstić information content (AvgIpc) is 2.59. The summed E-state index contributed by atoms with van der Waals surface area (Å²) in [5, 5.41) is 38.2. The van der Waals surface area contributed by atoms with Crippen molar-refractivity contribution in [1.29, 1.82) is 0 Å². The van der Waals surface area contributed by atoms with Crippen LogP contribution in [-0.4, -0.2) is 114 Å². The Balaban J connectivity index is 1.83. The molecule has 11 nitrogen and oxygen atoms in total. The van der Waals surface area contributed by atoms with E-state index >= 15 is 0 Å². The molecule has 0 aromatic heterocycles. The van der Waals surface area contributed by atoms with Gasteiger partial charge in [-0.3, -0.25) is 4.79 Å². The summed E-state index contributed by atoms with van der Waals surface area (Å²) < 4.78 is 33.2. The summed E-state index contributed by atoms with van der Waals surface area (Å²) in [4.78, 5) is 13.5. The Hall–Kier alpha value is -0.860. The van der Waals surface area contributed by atoms with Crippen molar-refractivity contribution >= 4 is 16.8 Å². The SMILES string of the molecule is O=C(COC1OC(CO)C(O)C(O)C1O)N1CCN([SH](=O)=O)CC1. The molecule has 0 aromatic rings. The van der Waals surface area contributed by atoms with Crippen LogP contribution in [0.15, 0.2) is 0 Å². The molecule has 2 fully saturated rings. The van der Waals surface area contributed by atoms with E-state index in [-0.39, 0.29) is 26.2 Å². The van der Waals surface area contributed by atoms with Gasteiger partial charge >= 0.3 is 0 Å². The summed E-state index contributed by atoms with van der Waals surface area (Å²) in [6, 6.07) is 0. The third-order valence-corrected chi connectivity index (χ3v) is 4.92. The monoisotopic (exact) mass is 370 g/mol. The molecule has 5 atom stereocenters. The molecule has 2 rings (SSSR count). The highest BCUT2D eigenvalue weighted by molar-refractivity contribution is 7.69. The highest BCUT2D eigenvalue weighted by Crippen LogP contribution is 2.22. The molecule has 5 unspecified atom stereocenters. The Morgan fingerprint density at radius 1 is 1.08 bits per heavy atom. The number of ether oxygens (including phenoxy) is 2. The van der Waals surface area contributed by atoms with Crippen molar-refractivity contribution < 1.29 is 43.1 Å². The van der Waals surface area contributed by atoms with E-state index in [4.69, 9.17) is 14.6 Å². The molecule has 0 aliphatic carbocycles. The van der Waals surface area contributed by atoms with Gasteiger partial charge in [0.15, 0.2) is 6.29 Å². The van der Waals surface area contributed by atoms with Crippen LogP contribution in [0.25, 0.3) is 0 Å². The van der Waals surface area contributed by atoms with E-state index in [2.05, 4.69) is 0 Å². The third kappa shape index (κ3) is 4.40. The third-order valence-electron chi connectivity index (χ3n) is 4.06. The Kier molecular flexibility index (Phi) is 6.88. The lowest BCUT2D eigenvalue weighted by Gasteiger charge is -2.39. The predicted octanol–water partition coefficient (Wildman–Crippen LogP) is -4.53. The van der Waals surface area contributed by atoms with E-state index in [9.17, 15) is 28.5 Å². The number of thiol groups is 1. The van der Waals surface area contributed by atoms with Gasteiger partial charge in [-0.05, 0) is 0 Å². The van der Waals surface area contributed by atoms with Crippen LogP contribution in [-0.2, 0) is 25.2 Å². The lowest BCUT2D eigenvalue weighted by Crippen LogP contribution is -2.59. The van der Waals surface area contributed by atoms with Gasteiger partial charge in [-0.15, -0.1) is 0 Å². The number of carbonyl (C=O) groups is 1. The summed E-state index contributed by atoms with van der Waals surface area (Å²) in [5.41, 5.74) is 0. The first-order valence-corrected chi connectivity index (χ1v) is 8.57. The van der Waals surface area contributed by atoms with Crippen LogP contribution in [0.1, 0.15) is 0 Å². The van der Waals surface area contributed by atoms with Crippen molar-refractivity contribution in [2.45, 2.75) is 30.7 Å². The maximum Gasteiger partial charge on any atom is 0.248 e. The number of hydrogen-bond acceptors (Lipinski definition) is 9. The van der Waals surface area contributed by atoms with Crippen molar-refractivity contribution in [3.63, 3.8) is 0 Å². The molecular formula is C12H22N2O9S. The molecule has 0 spiro atoms. The minimum atomic E-state index is -2.66. The molecule has 0 aromatic carbocycles. The standard InChI is InChI=1S/C12H22N2O9S/c15-5-7-9(17)10(18)11(19)12(23-7)22-6-8(16)13-1-3-14(4-2-13)24(20)21/h7,9-12,15,17-19,24H,1-6H2. The first kappa shape index (κ1) is 19.5. The van der Waals surface area contributed by atoms with Gasteiger partial charge in [0.2, 0.25) is 16.8 Å². The molecule has 2 heterocycles. The second-order valence-corrected chi connectivity index (χ2v) is 6.62. The highest BCUT2D eigenvalue weighted by atomic mass is 32.2. The summed E-state index contributed by atoms with van der Waals surface area (Å²) in [6.45, 7) is -0.199. The number of amides is 1. The first-order chi connectivity index (χ1) is 11.3. The van der Waals surface area contributed by atoms with Crippen LogP contribution in [0.4, 0.5) is 0 Å². The Morgan fingerprint density at radius 3 is 2.25 bits per heavy atom. The van der Waals surface area contributed by atoms with Crippen LogP contribution < -0.4 is 0 Å². The van der Waals surface area contributed by atoms with E-state index in [1.165, 1.54) is 9.21 Å². The fraction of sp³-hybridized carbons (Fsp3) is 0.917. The van der Waals surface area contributed by atoms with E-state index < -0.39 is 60.7 Å². The lowest BCUT2D eigenvalue weighted by atomic mass is 9.99. The molecule has 1 amide bonds. The van der Waals surface area contributed by atoms with Gasteiger partial charge in [0, 0.05) is 26.2 Å². The summed E-state index contributed by atoms with van der Waals surface area (Å²) in [5.74, 6) is -0.423. The minimum Gasteiger partial charge on any atom is -0.394 e. The van der Waals surface area contributed by atoms with Gasteiger partial charge in [-0.1, -0.05) is 0 Å². The minimum absolute atomic E-state index is 0.199. The fourth-order valence-corrected chi connectivity index (χ4v) is 3.06. The summed E-state index contributed by atoms with van der Waals surface area (Å²) in [6.07, 6.45) is -7.13. The predicted molar refractivity (Wildman–Crippen MR) is 78.2 cm³/mol. The van der Waals surface area contributed by atoms with Gasteiger partial charge in [-0.25, -0.2) is 12.7 Å². The van der Waals surface area contributed by atoms with Gasteiger partial charge in [0.1, 0.15) is 31.0 Å². The number of piperazine rings is 1. The Morgan fingerprint density at radius 2 is 1.71 bits per heavy atom. The van der Waals surface area contributed by atoms with E-state index in [0.29, 0.717) is 0 Å². The zero-order valence-corrected chi connectivity index (χ0v) is 13.7. The van der Waals surface area contributed by atoms with Crippen LogP contribution in [0.2, 0.25) is 0 Å². The van der Waals surface area contributed by atoms with Crippen LogP contribution >= 0.6 is 0 Å². The summed E-state index contributed by atoms with van der Waals surface area (Å²) >= 11 is 0. The highest BCUT2D eigenvalue weighted by Gasteiger charge is 2.44. The molecule has 0 saturated carbocycles. The van der Waals surface area contributed by atoms with Crippen molar-refractivity contribution in [3.8, 4) is 0 Å². The maximum atomic E-state index is 12.1. The molecular weight excluding hydrogens is 348 g/mol. The topological polar surface area (TPSA) is 157 Å². The maximum absolute atomic E-state index is 12.1. The molecule has 0 radical (unpaired) electrons. The van der Waals surface area contributed by atoms with Crippen LogP contribution in [0.3, 0.4) is 0 Å². The van der Waals surface area contributed by atoms with Crippen molar-refractivity contribution in [3.05, 3.63) is 0 Å². The van der Waals surface area contributed by atoms with Crippen molar-refractivity contribution in [1.82, 2.24) is 9.21 Å². The second-order valence-electron chi connectivity index (χ2n) is 5.58. The van der Waals surface area contributed by atoms with E-state index in [1.54, 1.807) is 0 Å². The molecule has 2 aliphatic rings. The largest absolute Gasteiger partial charge is 0.394 e. The number of carbonyl (C=O) groups excluding carboxylic acids is 1. The quantitative estimate of drug-likeness (QED) is 0.301. The van der Waals surface area contributed by atoms with Crippen LogP contribution in [0, 0.1) is 0 Å². The number of aliphatic hydroxyl groups is 4. The van der Waals surface area contributed by atoms with Crippen molar-refractivity contribution in [2.75, 3.05) is 39.4 Å². The zero-order valence-electron chi connectivity index (χ0n) is 12.8. The normalized spacial score (nSPS) is 35.4. The molecule has 2 saturated heterocycles. The van der Waals surface area contributed by atoms with Gasteiger partial charge < -0.3 is 34.8 Å². The average molecular weight is 370 g/mol. The number of nitrogens with zero attached hydrogens (tertiary/aromatic N) is 2. The molecule has 0 bridgehead atoms. The second kappa shape index (κ2) is 8.49. The lowest BCUT2D eigenvalue weighted by molar-refractivity contribution is -0.299. The van der Waals surface area contributed by atoms with Crippen molar-refractivity contribution in [2.24, 2.45) is 0 Å². The van der Waals surface area contributed by atoms with Gasteiger partial charge in [-0.2, -0.15) is 0 Å². The molecule has 4 N–H and O–H groups in total. The van der Waals surface area contributed by atoms with Gasteiger partial charge in [0.05, 0.1) is 6.61 Å². The Labute approximate surface area is 140 Å². The van der Waals surface area contributed by atoms with E-state index in [1.807, 2.05) is 0 Å². The van der Waals surface area contributed by atoms with E-state index in [0.717, 1.165) is 0 Å². The number of hydrogen-bond donors (Lipinski definition) is 5. The number of aliphatic hydroxyl groups excluding tert-OH is 4. The summed E-state index contributed by atoms with van der Waals surface area (Å²) in [7, 11) is -2.66. The number of rotatable bonds is 5.